The highest BCUT2D eigenvalue weighted by atomic mass is 35.5. The van der Waals surface area contributed by atoms with E-state index >= 15 is 0 Å². The first kappa shape index (κ1) is 26.1. The van der Waals surface area contributed by atoms with Gasteiger partial charge in [0.25, 0.3) is 0 Å². The SMILES string of the molecule is Cc1cccc(Cl)c1NC(=O)C1N(CCCO)C(=O)[C@@H]2[C@@H](C(=O)NCc3ccccc3)[C@@]3(C)CCC12S3. The summed E-state index contributed by atoms with van der Waals surface area (Å²) in [6, 6.07) is 14.3. The molecule has 7 nitrogen and oxygen atoms in total. The van der Waals surface area contributed by atoms with Gasteiger partial charge in [-0.2, -0.15) is 0 Å². The topological polar surface area (TPSA) is 98.7 Å². The van der Waals surface area contributed by atoms with Crippen LogP contribution in [0.5, 0.6) is 0 Å². The molecule has 0 radical (unpaired) electrons. The molecule has 3 aliphatic rings. The fraction of sp³-hybridized carbons (Fsp3) is 0.464. The molecule has 2 aromatic rings. The number of hydrogen-bond acceptors (Lipinski definition) is 5. The molecule has 3 saturated heterocycles. The van der Waals surface area contributed by atoms with E-state index in [0.29, 0.717) is 30.1 Å². The Morgan fingerprint density at radius 1 is 1.14 bits per heavy atom. The Bertz CT molecular complexity index is 1210. The predicted octanol–water partition coefficient (Wildman–Crippen LogP) is 3.77. The highest BCUT2D eigenvalue weighted by Gasteiger charge is 2.77. The first-order chi connectivity index (χ1) is 17.7. The van der Waals surface area contributed by atoms with Crippen molar-refractivity contribution in [2.24, 2.45) is 11.8 Å². The summed E-state index contributed by atoms with van der Waals surface area (Å²) in [5.41, 5.74) is 2.35. The molecule has 3 N–H and O–H groups in total. The molecule has 3 fully saturated rings. The van der Waals surface area contributed by atoms with Crippen molar-refractivity contribution >= 4 is 46.8 Å². The van der Waals surface area contributed by atoms with Gasteiger partial charge in [0.1, 0.15) is 6.04 Å². The van der Waals surface area contributed by atoms with E-state index in [-0.39, 0.29) is 30.9 Å². The number of para-hydroxylation sites is 1. The maximum Gasteiger partial charge on any atom is 0.248 e. The molecule has 9 heteroatoms. The first-order valence-corrected chi connectivity index (χ1v) is 13.9. The van der Waals surface area contributed by atoms with Crippen LogP contribution < -0.4 is 10.6 Å². The van der Waals surface area contributed by atoms with Gasteiger partial charge >= 0.3 is 0 Å². The minimum absolute atomic E-state index is 0.0920. The van der Waals surface area contributed by atoms with E-state index < -0.39 is 27.4 Å². The second kappa shape index (κ2) is 9.97. The lowest BCUT2D eigenvalue weighted by Crippen LogP contribution is -2.52. The molecule has 37 heavy (non-hydrogen) atoms. The number of halogens is 1. The summed E-state index contributed by atoms with van der Waals surface area (Å²) in [6.07, 6.45) is 1.77. The number of carbonyl (C=O) groups excluding carboxylic acids is 3. The Kier molecular flexibility index (Phi) is 7.02. The molecule has 2 unspecified atom stereocenters. The summed E-state index contributed by atoms with van der Waals surface area (Å²) in [6.45, 7) is 4.47. The number of aryl methyl sites for hydroxylation is 1. The van der Waals surface area contributed by atoms with Crippen molar-refractivity contribution in [3.63, 3.8) is 0 Å². The molecule has 1 spiro atoms. The van der Waals surface area contributed by atoms with Crippen molar-refractivity contribution in [2.45, 2.75) is 55.2 Å². The number of anilines is 1. The predicted molar refractivity (Wildman–Crippen MR) is 145 cm³/mol. The zero-order valence-corrected chi connectivity index (χ0v) is 22.6. The molecular formula is C28H32ClN3O4S. The van der Waals surface area contributed by atoms with Crippen molar-refractivity contribution in [3.8, 4) is 0 Å². The Balaban J connectivity index is 1.46. The van der Waals surface area contributed by atoms with Crippen LogP contribution in [0.4, 0.5) is 5.69 Å². The number of carbonyl (C=O) groups is 3. The van der Waals surface area contributed by atoms with Crippen molar-refractivity contribution < 1.29 is 19.5 Å². The number of likely N-dealkylation sites (tertiary alicyclic amines) is 1. The van der Waals surface area contributed by atoms with Crippen LogP contribution in [0.15, 0.2) is 48.5 Å². The summed E-state index contributed by atoms with van der Waals surface area (Å²) in [5.74, 6) is -1.77. The van der Waals surface area contributed by atoms with Crippen molar-refractivity contribution in [3.05, 3.63) is 64.7 Å². The third kappa shape index (κ3) is 4.33. The van der Waals surface area contributed by atoms with Gasteiger partial charge in [0.2, 0.25) is 17.7 Å². The van der Waals surface area contributed by atoms with Gasteiger partial charge in [-0.3, -0.25) is 14.4 Å². The number of rotatable bonds is 8. The average Bonchev–Trinajstić information content (AvgIpc) is 3.44. The zero-order valence-electron chi connectivity index (χ0n) is 21.0. The first-order valence-electron chi connectivity index (χ1n) is 12.7. The van der Waals surface area contributed by atoms with Crippen LogP contribution in [0.2, 0.25) is 5.02 Å². The molecular weight excluding hydrogens is 510 g/mol. The second-order valence-electron chi connectivity index (χ2n) is 10.5. The Labute approximate surface area is 226 Å². The van der Waals surface area contributed by atoms with E-state index in [9.17, 15) is 19.5 Å². The monoisotopic (exact) mass is 541 g/mol. The number of aliphatic hydroxyl groups excluding tert-OH is 1. The van der Waals surface area contributed by atoms with Crippen LogP contribution in [0.1, 0.15) is 37.3 Å². The molecule has 0 saturated carbocycles. The van der Waals surface area contributed by atoms with Crippen molar-refractivity contribution in [2.75, 3.05) is 18.5 Å². The van der Waals surface area contributed by atoms with Crippen LogP contribution in [-0.4, -0.2) is 56.4 Å². The fourth-order valence-electron chi connectivity index (χ4n) is 6.49. The van der Waals surface area contributed by atoms with E-state index in [1.807, 2.05) is 49.4 Å². The maximum atomic E-state index is 14.0. The average molecular weight is 542 g/mol. The van der Waals surface area contributed by atoms with Crippen LogP contribution >= 0.6 is 23.4 Å². The van der Waals surface area contributed by atoms with Crippen molar-refractivity contribution in [1.82, 2.24) is 10.2 Å². The molecule has 196 valence electrons. The number of thioether (sulfide) groups is 1. The lowest BCUT2D eigenvalue weighted by atomic mass is 9.66. The van der Waals surface area contributed by atoms with Gasteiger partial charge in [0, 0.05) is 24.4 Å². The Morgan fingerprint density at radius 2 is 1.89 bits per heavy atom. The lowest BCUT2D eigenvalue weighted by molar-refractivity contribution is -0.140. The number of hydrogen-bond donors (Lipinski definition) is 3. The zero-order chi connectivity index (χ0) is 26.4. The summed E-state index contributed by atoms with van der Waals surface area (Å²) < 4.78 is -1.15. The van der Waals surface area contributed by atoms with Gasteiger partial charge in [-0.15, -0.1) is 11.8 Å². The Hall–Kier alpha value is -2.55. The van der Waals surface area contributed by atoms with Gasteiger partial charge < -0.3 is 20.6 Å². The lowest BCUT2D eigenvalue weighted by Gasteiger charge is -2.35. The fourth-order valence-corrected chi connectivity index (χ4v) is 9.11. The minimum Gasteiger partial charge on any atom is -0.396 e. The quantitative estimate of drug-likeness (QED) is 0.472. The van der Waals surface area contributed by atoms with Gasteiger partial charge in [-0.05, 0) is 50.3 Å². The highest BCUT2D eigenvalue weighted by molar-refractivity contribution is 8.02. The number of nitrogens with one attached hydrogen (secondary N) is 2. The minimum atomic E-state index is -0.758. The normalized spacial score (nSPS) is 29.9. The van der Waals surface area contributed by atoms with Crippen LogP contribution in [0, 0.1) is 18.8 Å². The number of aliphatic hydroxyl groups is 1. The van der Waals surface area contributed by atoms with Gasteiger partial charge in [-0.1, -0.05) is 54.1 Å². The van der Waals surface area contributed by atoms with Gasteiger partial charge in [0.15, 0.2) is 0 Å². The van der Waals surface area contributed by atoms with E-state index in [1.165, 1.54) is 0 Å². The molecule has 2 aromatic carbocycles. The third-order valence-corrected chi connectivity index (χ3v) is 10.4. The number of amides is 3. The second-order valence-corrected chi connectivity index (χ2v) is 12.8. The molecule has 5 rings (SSSR count). The molecule has 2 bridgehead atoms. The number of fused-ring (bicyclic) bond motifs is 1. The molecule has 3 amide bonds. The largest absolute Gasteiger partial charge is 0.396 e. The summed E-state index contributed by atoms with van der Waals surface area (Å²) in [5, 5.41) is 16.0. The van der Waals surface area contributed by atoms with E-state index in [2.05, 4.69) is 17.6 Å². The van der Waals surface area contributed by atoms with Gasteiger partial charge in [0.05, 0.1) is 27.3 Å². The third-order valence-electron chi connectivity index (χ3n) is 8.14. The van der Waals surface area contributed by atoms with E-state index in [0.717, 1.165) is 17.5 Å². The standard InChI is InChI=1S/C28H32ClN3O4S/c1-17-8-6-11-19(29)22(17)31-25(35)23-28-13-12-27(2,37-28)20(21(28)26(36)32(23)14-7-15-33)24(34)30-16-18-9-4-3-5-10-18/h3-6,8-11,20-21,23,33H,7,12-16H2,1-2H3,(H,30,34)(H,31,35)/t20-,21-,23?,27+,28?/m0/s1. The summed E-state index contributed by atoms with van der Waals surface area (Å²) in [7, 11) is 0. The number of nitrogens with zero attached hydrogens (tertiary/aromatic N) is 1. The number of benzene rings is 2. The summed E-state index contributed by atoms with van der Waals surface area (Å²) in [4.78, 5) is 43.1. The molecule has 3 aliphatic heterocycles. The van der Waals surface area contributed by atoms with E-state index in [1.54, 1.807) is 22.7 Å². The van der Waals surface area contributed by atoms with Crippen LogP contribution in [0.3, 0.4) is 0 Å². The van der Waals surface area contributed by atoms with Crippen LogP contribution in [-0.2, 0) is 20.9 Å². The smallest absolute Gasteiger partial charge is 0.248 e. The highest BCUT2D eigenvalue weighted by Crippen LogP contribution is 2.71. The van der Waals surface area contributed by atoms with Crippen molar-refractivity contribution in [1.29, 1.82) is 0 Å². The molecule has 5 atom stereocenters. The maximum absolute atomic E-state index is 14.0. The molecule has 3 heterocycles. The van der Waals surface area contributed by atoms with Crippen LogP contribution in [0.25, 0.3) is 0 Å². The summed E-state index contributed by atoms with van der Waals surface area (Å²) >= 11 is 8.03. The van der Waals surface area contributed by atoms with E-state index in [4.69, 9.17) is 11.6 Å². The van der Waals surface area contributed by atoms with Gasteiger partial charge in [-0.25, -0.2) is 0 Å². The molecule has 0 aliphatic carbocycles. The molecule has 0 aromatic heterocycles. The Morgan fingerprint density at radius 3 is 2.59 bits per heavy atom.